The standard InChI is InChI=1S/C35H42N10O3S/c1-5-45(26-7-8-28(36)27(16-26)32(37)24-6-9-30(38-17-24)48-22(2)3)35(47)25-10-13-43(19-25)20-31(46)44-14-11-23(12-15-44)34-39-18-29(49-34)33-40-21-42(4)41-33/h6-9,11,16-18,21-22,25,37H,5,10,12-15,19-20,36H2,1-4H3/t25-/m1/s1. The molecule has 2 aliphatic rings. The maximum absolute atomic E-state index is 13.8. The van der Waals surface area contributed by atoms with Gasteiger partial charge in [0, 0.05) is 74.2 Å². The van der Waals surface area contributed by atoms with Gasteiger partial charge in [0.1, 0.15) is 11.3 Å². The summed E-state index contributed by atoms with van der Waals surface area (Å²) < 4.78 is 7.30. The van der Waals surface area contributed by atoms with Crippen LogP contribution in [0, 0.1) is 11.3 Å². The number of carbonyl (C=O) groups excluding carboxylic acids is 2. The second-order valence-electron chi connectivity index (χ2n) is 12.6. The number of nitrogens with one attached hydrogen (secondary N) is 1. The number of anilines is 2. The molecular weight excluding hydrogens is 641 g/mol. The van der Waals surface area contributed by atoms with Gasteiger partial charge in [-0.2, -0.15) is 5.10 Å². The first-order valence-electron chi connectivity index (χ1n) is 16.5. The molecule has 3 N–H and O–H groups in total. The fourth-order valence-corrected chi connectivity index (χ4v) is 7.07. The van der Waals surface area contributed by atoms with E-state index in [4.69, 9.17) is 15.9 Å². The maximum atomic E-state index is 13.8. The molecule has 6 rings (SSSR count). The van der Waals surface area contributed by atoms with Crippen LogP contribution in [0.1, 0.15) is 49.7 Å². The summed E-state index contributed by atoms with van der Waals surface area (Å²) >= 11 is 1.56. The molecule has 256 valence electrons. The highest BCUT2D eigenvalue weighted by atomic mass is 32.1. The van der Waals surface area contributed by atoms with Crippen molar-refractivity contribution in [3.8, 4) is 16.6 Å². The molecular formula is C35H42N10O3S. The zero-order chi connectivity index (χ0) is 34.7. The molecule has 49 heavy (non-hydrogen) atoms. The molecule has 0 saturated carbocycles. The van der Waals surface area contributed by atoms with Crippen molar-refractivity contribution >= 4 is 45.8 Å². The van der Waals surface area contributed by atoms with Gasteiger partial charge in [-0.15, -0.1) is 11.3 Å². The molecule has 0 aliphatic carbocycles. The minimum Gasteiger partial charge on any atom is -0.475 e. The van der Waals surface area contributed by atoms with Crippen molar-refractivity contribution in [1.29, 1.82) is 5.41 Å². The van der Waals surface area contributed by atoms with Crippen molar-refractivity contribution in [3.05, 3.63) is 71.3 Å². The van der Waals surface area contributed by atoms with E-state index < -0.39 is 0 Å². The highest BCUT2D eigenvalue weighted by Gasteiger charge is 2.33. The Bertz CT molecular complexity index is 1860. The Balaban J connectivity index is 1.04. The summed E-state index contributed by atoms with van der Waals surface area (Å²) in [5, 5.41) is 14.1. The molecule has 1 aromatic carbocycles. The van der Waals surface area contributed by atoms with Gasteiger partial charge in [0.05, 0.1) is 29.2 Å². The molecule has 0 spiro atoms. The van der Waals surface area contributed by atoms with Crippen LogP contribution in [0.5, 0.6) is 5.88 Å². The molecule has 2 amide bonds. The van der Waals surface area contributed by atoms with Crippen LogP contribution in [0.3, 0.4) is 0 Å². The van der Waals surface area contributed by atoms with Gasteiger partial charge in [0.25, 0.3) is 0 Å². The second kappa shape index (κ2) is 14.7. The van der Waals surface area contributed by atoms with Crippen LogP contribution in [0.4, 0.5) is 11.4 Å². The quantitative estimate of drug-likeness (QED) is 0.175. The number of hydrogen-bond acceptors (Lipinski definition) is 11. The average Bonchev–Trinajstić information content (AvgIpc) is 3.87. The summed E-state index contributed by atoms with van der Waals surface area (Å²) in [6.07, 6.45) is 8.56. The van der Waals surface area contributed by atoms with Gasteiger partial charge < -0.3 is 20.3 Å². The Hall–Kier alpha value is -4.95. The van der Waals surface area contributed by atoms with Crippen LogP contribution in [-0.4, -0.2) is 97.4 Å². The van der Waals surface area contributed by atoms with Crippen molar-refractivity contribution in [2.24, 2.45) is 13.0 Å². The van der Waals surface area contributed by atoms with E-state index in [1.54, 1.807) is 63.9 Å². The van der Waals surface area contributed by atoms with Crippen LogP contribution < -0.4 is 15.4 Å². The topological polar surface area (TPSA) is 159 Å². The lowest BCUT2D eigenvalue weighted by Crippen LogP contribution is -2.42. The Labute approximate surface area is 289 Å². The number of amides is 2. The number of likely N-dealkylation sites (tertiary alicyclic amines) is 1. The molecule has 2 aliphatic heterocycles. The van der Waals surface area contributed by atoms with Gasteiger partial charge in [0.2, 0.25) is 17.7 Å². The highest BCUT2D eigenvalue weighted by molar-refractivity contribution is 7.16. The van der Waals surface area contributed by atoms with Crippen molar-refractivity contribution in [2.75, 3.05) is 49.9 Å². The maximum Gasteiger partial charge on any atom is 0.237 e. The van der Waals surface area contributed by atoms with E-state index in [1.165, 1.54) is 0 Å². The SMILES string of the molecule is CCN(C(=O)[C@@H]1CCN(CC(=O)N2CC=C(c3ncc(-c4ncn(C)n4)s3)CC2)C1)c1ccc(N)c(C(=N)c2ccc(OC(C)C)nc2)c1. The Morgan fingerprint density at radius 3 is 2.65 bits per heavy atom. The van der Waals surface area contributed by atoms with E-state index in [0.717, 1.165) is 21.9 Å². The first-order chi connectivity index (χ1) is 23.6. The molecule has 5 heterocycles. The molecule has 4 aromatic rings. The normalized spacial score (nSPS) is 16.6. The number of nitrogen functional groups attached to an aromatic ring is 1. The molecule has 0 radical (unpaired) electrons. The van der Waals surface area contributed by atoms with Crippen molar-refractivity contribution in [2.45, 2.75) is 39.7 Å². The summed E-state index contributed by atoms with van der Waals surface area (Å²) in [4.78, 5) is 46.9. The van der Waals surface area contributed by atoms with Gasteiger partial charge in [-0.05, 0) is 70.0 Å². The lowest BCUT2D eigenvalue weighted by Gasteiger charge is -2.28. The predicted molar refractivity (Wildman–Crippen MR) is 191 cm³/mol. The highest BCUT2D eigenvalue weighted by Crippen LogP contribution is 2.31. The number of pyridine rings is 1. The monoisotopic (exact) mass is 682 g/mol. The number of benzene rings is 1. The van der Waals surface area contributed by atoms with Crippen molar-refractivity contribution < 1.29 is 14.3 Å². The largest absolute Gasteiger partial charge is 0.475 e. The zero-order valence-electron chi connectivity index (χ0n) is 28.3. The zero-order valence-corrected chi connectivity index (χ0v) is 29.1. The van der Waals surface area contributed by atoms with Gasteiger partial charge in [-0.1, -0.05) is 6.08 Å². The Morgan fingerprint density at radius 1 is 1.14 bits per heavy atom. The van der Waals surface area contributed by atoms with E-state index in [0.29, 0.717) is 73.4 Å². The number of ether oxygens (including phenoxy) is 1. The third-order valence-electron chi connectivity index (χ3n) is 8.72. The van der Waals surface area contributed by atoms with E-state index in [-0.39, 0.29) is 36.1 Å². The minimum atomic E-state index is -0.230. The summed E-state index contributed by atoms with van der Waals surface area (Å²) in [5.74, 6) is 0.992. The Kier molecular flexibility index (Phi) is 10.2. The lowest BCUT2D eigenvalue weighted by molar-refractivity contribution is -0.132. The van der Waals surface area contributed by atoms with E-state index in [2.05, 4.69) is 31.0 Å². The molecule has 0 bridgehead atoms. The number of thiazole rings is 1. The third-order valence-corrected chi connectivity index (χ3v) is 9.79. The molecule has 1 fully saturated rings. The number of aryl methyl sites for hydroxylation is 1. The van der Waals surface area contributed by atoms with Gasteiger partial charge >= 0.3 is 0 Å². The number of nitrogens with two attached hydrogens (primary N) is 1. The Morgan fingerprint density at radius 2 is 1.98 bits per heavy atom. The fraction of sp³-hybridized carbons (Fsp3) is 0.400. The molecule has 14 heteroatoms. The second-order valence-corrected chi connectivity index (χ2v) is 13.6. The smallest absolute Gasteiger partial charge is 0.237 e. The van der Waals surface area contributed by atoms with Gasteiger partial charge in [-0.3, -0.25) is 24.6 Å². The number of aromatic nitrogens is 5. The average molecular weight is 683 g/mol. The van der Waals surface area contributed by atoms with E-state index >= 15 is 0 Å². The number of hydrogen-bond donors (Lipinski definition) is 2. The minimum absolute atomic E-state index is 0.00259. The summed E-state index contributed by atoms with van der Waals surface area (Å²) in [6.45, 7) is 8.91. The molecule has 1 saturated heterocycles. The lowest BCUT2D eigenvalue weighted by atomic mass is 10.0. The van der Waals surface area contributed by atoms with Crippen LogP contribution >= 0.6 is 11.3 Å². The number of carbonyl (C=O) groups is 2. The molecule has 0 unspecified atom stereocenters. The van der Waals surface area contributed by atoms with Crippen molar-refractivity contribution in [1.82, 2.24) is 34.5 Å². The molecule has 13 nitrogen and oxygen atoms in total. The van der Waals surface area contributed by atoms with Gasteiger partial charge in [0.15, 0.2) is 5.82 Å². The summed E-state index contributed by atoms with van der Waals surface area (Å²) in [7, 11) is 1.84. The molecule has 3 aromatic heterocycles. The predicted octanol–water partition coefficient (Wildman–Crippen LogP) is 4.11. The van der Waals surface area contributed by atoms with Crippen LogP contribution in [-0.2, 0) is 16.6 Å². The third kappa shape index (κ3) is 7.70. The first-order valence-corrected chi connectivity index (χ1v) is 17.4. The summed E-state index contributed by atoms with van der Waals surface area (Å²) in [6, 6.07) is 8.88. The number of rotatable bonds is 11. The van der Waals surface area contributed by atoms with E-state index in [9.17, 15) is 9.59 Å². The fourth-order valence-electron chi connectivity index (χ4n) is 6.15. The first kappa shape index (κ1) is 33.9. The van der Waals surface area contributed by atoms with Crippen molar-refractivity contribution in [3.63, 3.8) is 0 Å². The summed E-state index contributed by atoms with van der Waals surface area (Å²) in [5.41, 5.74) is 9.92. The van der Waals surface area contributed by atoms with Gasteiger partial charge in [-0.25, -0.2) is 15.0 Å². The number of nitrogens with zero attached hydrogens (tertiary/aromatic N) is 8. The van der Waals surface area contributed by atoms with E-state index in [1.807, 2.05) is 38.8 Å². The van der Waals surface area contributed by atoms with Crippen LogP contribution in [0.15, 0.2) is 55.1 Å². The van der Waals surface area contributed by atoms with Crippen LogP contribution in [0.2, 0.25) is 0 Å². The van der Waals surface area contributed by atoms with Crippen LogP contribution in [0.25, 0.3) is 16.3 Å². The molecule has 1 atom stereocenters.